The average molecular weight is 260 g/mol. The third-order valence-corrected chi connectivity index (χ3v) is 2.57. The molecular weight excluding hydrogens is 244 g/mol. The maximum atomic E-state index is 11.8. The number of nitrogens with two attached hydrogens (primary N) is 1. The monoisotopic (exact) mass is 260 g/mol. The van der Waals surface area contributed by atoms with Crippen LogP contribution in [-0.2, 0) is 16.0 Å². The predicted molar refractivity (Wildman–Crippen MR) is 71.1 cm³/mol. The lowest BCUT2D eigenvalue weighted by Crippen LogP contribution is -2.49. The van der Waals surface area contributed by atoms with Gasteiger partial charge in [0.2, 0.25) is 5.91 Å². The van der Waals surface area contributed by atoms with Crippen LogP contribution < -0.4 is 11.1 Å². The van der Waals surface area contributed by atoms with Crippen molar-refractivity contribution in [3.63, 3.8) is 0 Å². The molecule has 100 valence electrons. The summed E-state index contributed by atoms with van der Waals surface area (Å²) >= 11 is 0. The molecule has 0 spiro atoms. The minimum atomic E-state index is -1.17. The number of carboxylic acid groups (broad SMARTS) is 1. The number of rotatable bonds is 6. The Bertz CT molecular complexity index is 479. The SMILES string of the molecule is C#CCC(NC(=O)[C@@H](N)Cc1ccccc1)C(=O)O. The molecule has 0 saturated heterocycles. The van der Waals surface area contributed by atoms with Gasteiger partial charge in [-0.2, -0.15) is 0 Å². The summed E-state index contributed by atoms with van der Waals surface area (Å²) in [4.78, 5) is 22.6. The van der Waals surface area contributed by atoms with E-state index >= 15 is 0 Å². The van der Waals surface area contributed by atoms with Crippen molar-refractivity contribution in [3.8, 4) is 12.3 Å². The number of benzene rings is 1. The van der Waals surface area contributed by atoms with E-state index in [1.54, 1.807) is 0 Å². The van der Waals surface area contributed by atoms with Gasteiger partial charge in [0.05, 0.1) is 6.04 Å². The Morgan fingerprint density at radius 2 is 2.00 bits per heavy atom. The molecule has 0 aliphatic heterocycles. The Morgan fingerprint density at radius 1 is 1.37 bits per heavy atom. The number of hydrogen-bond donors (Lipinski definition) is 3. The van der Waals surface area contributed by atoms with E-state index in [4.69, 9.17) is 17.3 Å². The zero-order chi connectivity index (χ0) is 14.3. The van der Waals surface area contributed by atoms with Crippen LogP contribution in [0.1, 0.15) is 12.0 Å². The van der Waals surface area contributed by atoms with Crippen LogP contribution in [0.25, 0.3) is 0 Å². The van der Waals surface area contributed by atoms with E-state index in [0.29, 0.717) is 6.42 Å². The number of aliphatic carboxylic acids is 1. The molecule has 1 aromatic carbocycles. The highest BCUT2D eigenvalue weighted by Crippen LogP contribution is 2.02. The lowest BCUT2D eigenvalue weighted by molar-refractivity contribution is -0.141. The van der Waals surface area contributed by atoms with Crippen LogP contribution in [0.2, 0.25) is 0 Å². The van der Waals surface area contributed by atoms with Crippen molar-refractivity contribution in [2.75, 3.05) is 0 Å². The molecule has 1 rings (SSSR count). The second-order valence-corrected chi connectivity index (χ2v) is 4.10. The molecule has 1 aromatic rings. The highest BCUT2D eigenvalue weighted by atomic mass is 16.4. The van der Waals surface area contributed by atoms with Crippen molar-refractivity contribution >= 4 is 11.9 Å². The Balaban J connectivity index is 2.57. The summed E-state index contributed by atoms with van der Waals surface area (Å²) in [6, 6.07) is 7.35. The second-order valence-electron chi connectivity index (χ2n) is 4.10. The highest BCUT2D eigenvalue weighted by Gasteiger charge is 2.22. The van der Waals surface area contributed by atoms with Crippen LogP contribution in [0.5, 0.6) is 0 Å². The van der Waals surface area contributed by atoms with E-state index in [0.717, 1.165) is 5.56 Å². The Kier molecular flexibility index (Phi) is 5.58. The molecule has 0 saturated carbocycles. The molecule has 19 heavy (non-hydrogen) atoms. The summed E-state index contributed by atoms with van der Waals surface area (Å²) in [5.41, 5.74) is 6.65. The molecule has 0 aliphatic carbocycles. The molecule has 5 nitrogen and oxygen atoms in total. The number of carboxylic acids is 1. The van der Waals surface area contributed by atoms with Gasteiger partial charge in [0.25, 0.3) is 0 Å². The molecule has 0 aromatic heterocycles. The molecular formula is C14H16N2O3. The van der Waals surface area contributed by atoms with Gasteiger partial charge in [-0.3, -0.25) is 4.79 Å². The maximum Gasteiger partial charge on any atom is 0.327 e. The quantitative estimate of drug-likeness (QED) is 0.635. The molecule has 0 bridgehead atoms. The van der Waals surface area contributed by atoms with E-state index in [9.17, 15) is 9.59 Å². The Hall–Kier alpha value is -2.32. The third-order valence-electron chi connectivity index (χ3n) is 2.57. The van der Waals surface area contributed by atoms with Crippen LogP contribution in [0.15, 0.2) is 30.3 Å². The number of terminal acetylenes is 1. The first-order valence-electron chi connectivity index (χ1n) is 5.80. The molecule has 5 heteroatoms. The van der Waals surface area contributed by atoms with Crippen LogP contribution in [0.4, 0.5) is 0 Å². The van der Waals surface area contributed by atoms with Gasteiger partial charge in [-0.15, -0.1) is 12.3 Å². The molecule has 2 atom stereocenters. The van der Waals surface area contributed by atoms with E-state index in [2.05, 4.69) is 11.2 Å². The summed E-state index contributed by atoms with van der Waals surface area (Å²) in [5.74, 6) is 0.517. The van der Waals surface area contributed by atoms with Gasteiger partial charge in [-0.1, -0.05) is 30.3 Å². The minimum absolute atomic E-state index is 0.0703. The lowest BCUT2D eigenvalue weighted by atomic mass is 10.1. The van der Waals surface area contributed by atoms with Crippen molar-refractivity contribution < 1.29 is 14.7 Å². The average Bonchev–Trinajstić information content (AvgIpc) is 2.39. The maximum absolute atomic E-state index is 11.8. The molecule has 0 aliphatic rings. The van der Waals surface area contributed by atoms with E-state index < -0.39 is 24.0 Å². The van der Waals surface area contributed by atoms with Crippen LogP contribution in [0.3, 0.4) is 0 Å². The largest absolute Gasteiger partial charge is 0.480 e. The number of nitrogens with one attached hydrogen (secondary N) is 1. The number of hydrogen-bond acceptors (Lipinski definition) is 3. The van der Waals surface area contributed by atoms with Gasteiger partial charge in [0.15, 0.2) is 0 Å². The van der Waals surface area contributed by atoms with Crippen molar-refractivity contribution in [3.05, 3.63) is 35.9 Å². The normalized spacial score (nSPS) is 13.1. The fourth-order valence-electron chi connectivity index (χ4n) is 1.56. The van der Waals surface area contributed by atoms with Crippen molar-refractivity contribution in [2.45, 2.75) is 24.9 Å². The summed E-state index contributed by atoms with van der Waals surface area (Å²) < 4.78 is 0. The standard InChI is InChI=1S/C14H16N2O3/c1-2-6-12(14(18)19)16-13(17)11(15)9-10-7-4-3-5-8-10/h1,3-5,7-8,11-12H,6,9,15H2,(H,16,17)(H,18,19)/t11-,12?/m0/s1. The van der Waals surface area contributed by atoms with Gasteiger partial charge in [0.1, 0.15) is 6.04 Å². The summed E-state index contributed by atoms with van der Waals surface area (Å²) in [5, 5.41) is 11.2. The first kappa shape index (κ1) is 14.7. The molecule has 0 radical (unpaired) electrons. The van der Waals surface area contributed by atoms with Crippen LogP contribution in [0, 0.1) is 12.3 Å². The topological polar surface area (TPSA) is 92.4 Å². The van der Waals surface area contributed by atoms with Crippen LogP contribution in [-0.4, -0.2) is 29.1 Å². The summed E-state index contributed by atoms with van der Waals surface area (Å²) in [7, 11) is 0. The highest BCUT2D eigenvalue weighted by molar-refractivity contribution is 5.87. The first-order chi connectivity index (χ1) is 9.04. The van der Waals surface area contributed by atoms with Crippen molar-refractivity contribution in [2.24, 2.45) is 5.73 Å². The Labute approximate surface area is 111 Å². The van der Waals surface area contributed by atoms with Crippen molar-refractivity contribution in [1.82, 2.24) is 5.32 Å². The van der Waals surface area contributed by atoms with E-state index in [1.807, 2.05) is 30.3 Å². The number of carbonyl (C=O) groups excluding carboxylic acids is 1. The van der Waals surface area contributed by atoms with E-state index in [1.165, 1.54) is 0 Å². The molecule has 0 heterocycles. The number of amides is 1. The van der Waals surface area contributed by atoms with Gasteiger partial charge in [-0.05, 0) is 12.0 Å². The fraction of sp³-hybridized carbons (Fsp3) is 0.286. The summed E-state index contributed by atoms with van der Waals surface area (Å²) in [6.45, 7) is 0. The Morgan fingerprint density at radius 3 is 2.53 bits per heavy atom. The van der Waals surface area contributed by atoms with Crippen LogP contribution >= 0.6 is 0 Å². The number of carbonyl (C=O) groups is 2. The molecule has 0 fully saturated rings. The van der Waals surface area contributed by atoms with Gasteiger partial charge in [-0.25, -0.2) is 4.79 Å². The molecule has 1 unspecified atom stereocenters. The van der Waals surface area contributed by atoms with Gasteiger partial charge < -0.3 is 16.2 Å². The second kappa shape index (κ2) is 7.19. The zero-order valence-electron chi connectivity index (χ0n) is 10.4. The van der Waals surface area contributed by atoms with Crippen molar-refractivity contribution in [1.29, 1.82) is 0 Å². The lowest BCUT2D eigenvalue weighted by Gasteiger charge is -2.16. The smallest absolute Gasteiger partial charge is 0.327 e. The minimum Gasteiger partial charge on any atom is -0.480 e. The van der Waals surface area contributed by atoms with Gasteiger partial charge in [0, 0.05) is 6.42 Å². The zero-order valence-corrected chi connectivity index (χ0v) is 10.4. The molecule has 1 amide bonds. The summed E-state index contributed by atoms with van der Waals surface area (Å²) in [6.07, 6.45) is 5.32. The fourth-order valence-corrected chi connectivity index (χ4v) is 1.56. The predicted octanol–water partition coefficient (Wildman–Crippen LogP) is 0.149. The third kappa shape index (κ3) is 4.82. The molecule has 4 N–H and O–H groups in total. The van der Waals surface area contributed by atoms with Gasteiger partial charge >= 0.3 is 5.97 Å². The first-order valence-corrected chi connectivity index (χ1v) is 5.80. The van der Waals surface area contributed by atoms with E-state index in [-0.39, 0.29) is 6.42 Å².